The van der Waals surface area contributed by atoms with E-state index in [1.54, 1.807) is 0 Å². The first-order valence-corrected chi connectivity index (χ1v) is 23.7. The van der Waals surface area contributed by atoms with E-state index in [2.05, 4.69) is 242 Å². The summed E-state index contributed by atoms with van der Waals surface area (Å²) in [6, 6.07) is 83.4. The Morgan fingerprint density at radius 2 is 0.831 bits per heavy atom. The van der Waals surface area contributed by atoms with Crippen molar-refractivity contribution in [1.29, 1.82) is 0 Å². The lowest BCUT2D eigenvalue weighted by Crippen LogP contribution is -2.49. The maximum absolute atomic E-state index is 2.51. The third kappa shape index (κ3) is 5.44. The van der Waals surface area contributed by atoms with Gasteiger partial charge in [0.1, 0.15) is 8.07 Å². The van der Waals surface area contributed by atoms with Crippen LogP contribution in [0.15, 0.2) is 224 Å². The average Bonchev–Trinajstić information content (AvgIpc) is 3.73. The van der Waals surface area contributed by atoms with Crippen LogP contribution in [0.5, 0.6) is 0 Å². The van der Waals surface area contributed by atoms with Crippen molar-refractivity contribution in [3.05, 3.63) is 247 Å². The molecule has 0 fully saturated rings. The van der Waals surface area contributed by atoms with Crippen molar-refractivity contribution in [3.63, 3.8) is 0 Å². The summed E-state index contributed by atoms with van der Waals surface area (Å²) < 4.78 is 0. The van der Waals surface area contributed by atoms with Gasteiger partial charge in [0.2, 0.25) is 0 Å². The highest BCUT2D eigenvalue weighted by Gasteiger charge is 2.46. The van der Waals surface area contributed by atoms with Gasteiger partial charge in [-0.2, -0.15) is 0 Å². The van der Waals surface area contributed by atoms with Crippen molar-refractivity contribution in [1.82, 2.24) is 0 Å². The number of anilines is 3. The fourth-order valence-corrected chi connectivity index (χ4v) is 13.3. The number of hydrogen-bond acceptors (Lipinski definition) is 1. The zero-order valence-electron chi connectivity index (χ0n) is 33.3. The van der Waals surface area contributed by atoms with Gasteiger partial charge in [-0.15, -0.1) is 0 Å². The Balaban J connectivity index is 1.15. The second kappa shape index (κ2) is 13.8. The van der Waals surface area contributed by atoms with E-state index in [4.69, 9.17) is 0 Å². The first kappa shape index (κ1) is 35.2. The van der Waals surface area contributed by atoms with Crippen molar-refractivity contribution >= 4 is 35.5 Å². The van der Waals surface area contributed by atoms with E-state index < -0.39 is 13.5 Å². The van der Waals surface area contributed by atoms with Crippen LogP contribution in [0.4, 0.5) is 17.1 Å². The molecule has 0 spiro atoms. The van der Waals surface area contributed by atoms with E-state index in [-0.39, 0.29) is 0 Å². The van der Waals surface area contributed by atoms with Gasteiger partial charge >= 0.3 is 0 Å². The highest BCUT2D eigenvalue weighted by molar-refractivity contribution is 7.03. The number of nitrogens with zero attached hydrogens (tertiary/aromatic N) is 1. The van der Waals surface area contributed by atoms with Gasteiger partial charge in [0, 0.05) is 16.9 Å². The molecule has 0 aromatic heterocycles. The lowest BCUT2D eigenvalue weighted by molar-refractivity contribution is 0.768. The number of fused-ring (bicyclic) bond motifs is 6. The van der Waals surface area contributed by atoms with Crippen LogP contribution in [-0.4, -0.2) is 8.07 Å². The molecule has 9 aromatic carbocycles. The van der Waals surface area contributed by atoms with Crippen LogP contribution in [0.1, 0.15) is 22.3 Å². The molecule has 0 saturated heterocycles. The van der Waals surface area contributed by atoms with Crippen LogP contribution in [-0.2, 0) is 5.41 Å². The number of hydrogen-bond donors (Lipinski definition) is 0. The summed E-state index contributed by atoms with van der Waals surface area (Å²) in [5.74, 6) is 0. The molecule has 9 aromatic rings. The second-order valence-electron chi connectivity index (χ2n) is 16.5. The topological polar surface area (TPSA) is 3.24 Å². The summed E-state index contributed by atoms with van der Waals surface area (Å²) in [6.45, 7) is 5.01. The van der Waals surface area contributed by atoms with Crippen molar-refractivity contribution in [2.45, 2.75) is 18.5 Å². The first-order chi connectivity index (χ1) is 29.0. The standard InChI is InChI=1S/C57H43NSi/c1-59(2)55-29-17-14-26-50(55)51-37-35-46(39-56(51)59)58(54-38-42(40-18-6-3-7-19-40)30-36-47(54)41-20-8-4-9-21-41)45-33-31-44(32-34-45)57(43-22-10-5-11-23-43)52-27-15-12-24-48(52)49-25-13-16-28-53(49)57/h3-39H,1-2H3. The Bertz CT molecular complexity index is 2960. The van der Waals surface area contributed by atoms with Gasteiger partial charge in [-0.1, -0.05) is 207 Å². The molecule has 1 aliphatic carbocycles. The van der Waals surface area contributed by atoms with E-state index in [0.29, 0.717) is 0 Å². The molecular formula is C57H43NSi. The Kier molecular flexibility index (Phi) is 8.25. The van der Waals surface area contributed by atoms with Crippen molar-refractivity contribution in [2.24, 2.45) is 0 Å². The average molecular weight is 770 g/mol. The van der Waals surface area contributed by atoms with Gasteiger partial charge in [0.05, 0.1) is 11.1 Å². The molecule has 2 aliphatic rings. The van der Waals surface area contributed by atoms with Gasteiger partial charge in [-0.3, -0.25) is 0 Å². The molecule has 2 heteroatoms. The van der Waals surface area contributed by atoms with Crippen LogP contribution in [0, 0.1) is 0 Å². The maximum atomic E-state index is 2.51. The quantitative estimate of drug-likeness (QED) is 0.146. The molecule has 1 heterocycles. The second-order valence-corrected chi connectivity index (χ2v) is 20.8. The Labute approximate surface area is 348 Å². The fourth-order valence-electron chi connectivity index (χ4n) is 10.2. The highest BCUT2D eigenvalue weighted by Crippen LogP contribution is 2.56. The summed E-state index contributed by atoms with van der Waals surface area (Å²) in [5.41, 5.74) is 18.3. The lowest BCUT2D eigenvalue weighted by Gasteiger charge is -2.35. The zero-order chi connectivity index (χ0) is 39.6. The summed E-state index contributed by atoms with van der Waals surface area (Å²) >= 11 is 0. The molecule has 0 saturated carbocycles. The molecule has 0 N–H and O–H groups in total. The van der Waals surface area contributed by atoms with Crippen molar-refractivity contribution < 1.29 is 0 Å². The minimum Gasteiger partial charge on any atom is -0.310 e. The third-order valence-electron chi connectivity index (χ3n) is 13.0. The third-order valence-corrected chi connectivity index (χ3v) is 16.5. The van der Waals surface area contributed by atoms with Crippen LogP contribution in [0.3, 0.4) is 0 Å². The van der Waals surface area contributed by atoms with Gasteiger partial charge in [-0.05, 0) is 102 Å². The molecular weight excluding hydrogens is 727 g/mol. The van der Waals surface area contributed by atoms with Crippen LogP contribution in [0.2, 0.25) is 13.1 Å². The van der Waals surface area contributed by atoms with E-state index in [0.717, 1.165) is 11.4 Å². The van der Waals surface area contributed by atoms with Gasteiger partial charge in [-0.25, -0.2) is 0 Å². The molecule has 59 heavy (non-hydrogen) atoms. The van der Waals surface area contributed by atoms with E-state index >= 15 is 0 Å². The zero-order valence-corrected chi connectivity index (χ0v) is 34.3. The maximum Gasteiger partial charge on any atom is 0.113 e. The molecule has 280 valence electrons. The predicted octanol–water partition coefficient (Wildman–Crippen LogP) is 13.7. The molecule has 0 amide bonds. The van der Waals surface area contributed by atoms with Gasteiger partial charge in [0.15, 0.2) is 0 Å². The van der Waals surface area contributed by atoms with Crippen molar-refractivity contribution in [3.8, 4) is 44.5 Å². The molecule has 1 nitrogen and oxygen atoms in total. The van der Waals surface area contributed by atoms with Gasteiger partial charge < -0.3 is 4.90 Å². The minimum absolute atomic E-state index is 0.463. The van der Waals surface area contributed by atoms with Gasteiger partial charge in [0.25, 0.3) is 0 Å². The molecule has 0 atom stereocenters. The van der Waals surface area contributed by atoms with Crippen LogP contribution in [0.25, 0.3) is 44.5 Å². The first-order valence-electron chi connectivity index (χ1n) is 20.7. The van der Waals surface area contributed by atoms with Crippen molar-refractivity contribution in [2.75, 3.05) is 4.90 Å². The summed E-state index contributed by atoms with van der Waals surface area (Å²) in [5, 5.41) is 3.00. The van der Waals surface area contributed by atoms with E-state index in [1.807, 2.05) is 0 Å². The lowest BCUT2D eigenvalue weighted by atomic mass is 9.68. The summed E-state index contributed by atoms with van der Waals surface area (Å²) in [4.78, 5) is 2.51. The molecule has 11 rings (SSSR count). The molecule has 0 bridgehead atoms. The number of benzene rings is 9. The monoisotopic (exact) mass is 769 g/mol. The SMILES string of the molecule is C[Si]1(C)c2ccccc2-c2ccc(N(c3ccc(C4(c5ccccc5)c5ccccc5-c5ccccc54)cc3)c3cc(-c4ccccc4)ccc3-c3ccccc3)cc21. The highest BCUT2D eigenvalue weighted by atomic mass is 28.3. The number of rotatable bonds is 7. The van der Waals surface area contributed by atoms with Crippen LogP contribution >= 0.6 is 0 Å². The predicted molar refractivity (Wildman–Crippen MR) is 251 cm³/mol. The Morgan fingerprint density at radius 1 is 0.339 bits per heavy atom. The largest absolute Gasteiger partial charge is 0.310 e. The smallest absolute Gasteiger partial charge is 0.113 e. The molecule has 0 radical (unpaired) electrons. The molecule has 0 unspecified atom stereocenters. The van der Waals surface area contributed by atoms with E-state index in [1.165, 1.54) is 82.8 Å². The van der Waals surface area contributed by atoms with Crippen LogP contribution < -0.4 is 15.3 Å². The van der Waals surface area contributed by atoms with E-state index in [9.17, 15) is 0 Å². The normalized spacial score (nSPS) is 13.9. The fraction of sp³-hybridized carbons (Fsp3) is 0.0526. The minimum atomic E-state index is -1.97. The Hall–Kier alpha value is -7.00. The Morgan fingerprint density at radius 3 is 1.49 bits per heavy atom. The summed E-state index contributed by atoms with van der Waals surface area (Å²) in [7, 11) is -1.97. The molecule has 1 aliphatic heterocycles. The summed E-state index contributed by atoms with van der Waals surface area (Å²) in [6.07, 6.45) is 0.